The molecule has 4 saturated carbocycles. The molecule has 0 bridgehead atoms. The van der Waals surface area contributed by atoms with Crippen LogP contribution in [0.1, 0.15) is 118 Å². The standard InChI is InChI=1S/C28H50/c1-19-5-9-23(10-6-19)25-13-15-27(21(3)17-25)28-16-14-26(18-22(28)4)24-11-7-20(2)8-12-24/h19-28H,5-18H2,1-4H3. The van der Waals surface area contributed by atoms with Crippen molar-refractivity contribution in [3.8, 4) is 0 Å². The number of hydrogen-bond donors (Lipinski definition) is 0. The Bertz CT molecular complexity index is 420. The van der Waals surface area contributed by atoms with Crippen molar-refractivity contribution in [2.75, 3.05) is 0 Å². The van der Waals surface area contributed by atoms with Gasteiger partial charge in [-0.05, 0) is 123 Å². The lowest BCUT2D eigenvalue weighted by molar-refractivity contribution is 0.0250. The molecule has 0 amide bonds. The van der Waals surface area contributed by atoms with Gasteiger partial charge in [0, 0.05) is 0 Å². The van der Waals surface area contributed by atoms with E-state index >= 15 is 0 Å². The average molecular weight is 387 g/mol. The van der Waals surface area contributed by atoms with Crippen molar-refractivity contribution in [2.24, 2.45) is 59.2 Å². The van der Waals surface area contributed by atoms with Crippen LogP contribution in [0.25, 0.3) is 0 Å². The maximum atomic E-state index is 2.64. The first kappa shape index (κ1) is 21.2. The summed E-state index contributed by atoms with van der Waals surface area (Å²) in [4.78, 5) is 0. The molecule has 0 heterocycles. The van der Waals surface area contributed by atoms with Crippen LogP contribution >= 0.6 is 0 Å². The normalized spacial score (nSPS) is 51.0. The van der Waals surface area contributed by atoms with Crippen LogP contribution in [-0.2, 0) is 0 Å². The fourth-order valence-electron chi connectivity index (χ4n) is 8.57. The van der Waals surface area contributed by atoms with Gasteiger partial charge in [0.25, 0.3) is 0 Å². The van der Waals surface area contributed by atoms with Gasteiger partial charge in [0.15, 0.2) is 0 Å². The van der Waals surface area contributed by atoms with E-state index in [1.807, 2.05) is 0 Å². The molecular formula is C28H50. The highest BCUT2D eigenvalue weighted by Gasteiger charge is 2.41. The summed E-state index contributed by atoms with van der Waals surface area (Å²) in [5.41, 5.74) is 0. The summed E-state index contributed by atoms with van der Waals surface area (Å²) in [6.45, 7) is 10.2. The summed E-state index contributed by atoms with van der Waals surface area (Å²) in [5.74, 6) is 10.5. The van der Waals surface area contributed by atoms with Crippen molar-refractivity contribution < 1.29 is 0 Å². The van der Waals surface area contributed by atoms with Crippen molar-refractivity contribution in [2.45, 2.75) is 118 Å². The molecule has 0 aromatic carbocycles. The first-order chi connectivity index (χ1) is 13.5. The molecule has 4 fully saturated rings. The second-order valence-electron chi connectivity index (χ2n) is 12.5. The molecule has 162 valence electrons. The minimum Gasteiger partial charge on any atom is -0.0625 e. The van der Waals surface area contributed by atoms with E-state index in [0.29, 0.717) is 0 Å². The van der Waals surface area contributed by atoms with E-state index in [-0.39, 0.29) is 0 Å². The van der Waals surface area contributed by atoms with Crippen LogP contribution in [-0.4, -0.2) is 0 Å². The van der Waals surface area contributed by atoms with Crippen molar-refractivity contribution in [3.63, 3.8) is 0 Å². The van der Waals surface area contributed by atoms with Gasteiger partial charge in [0.2, 0.25) is 0 Å². The van der Waals surface area contributed by atoms with Crippen molar-refractivity contribution in [1.82, 2.24) is 0 Å². The monoisotopic (exact) mass is 386 g/mol. The lowest BCUT2D eigenvalue weighted by Crippen LogP contribution is -2.38. The molecule has 4 aliphatic carbocycles. The molecule has 0 radical (unpaired) electrons. The molecule has 28 heavy (non-hydrogen) atoms. The molecule has 6 unspecified atom stereocenters. The van der Waals surface area contributed by atoms with Gasteiger partial charge in [0.1, 0.15) is 0 Å². The highest BCUT2D eigenvalue weighted by atomic mass is 14.5. The molecule has 4 rings (SSSR count). The SMILES string of the molecule is CC1CCC(C2CCC(C3CCC(C4CCC(C)CC4)CC3C)C(C)C2)CC1. The van der Waals surface area contributed by atoms with Crippen LogP contribution in [0.5, 0.6) is 0 Å². The van der Waals surface area contributed by atoms with Crippen LogP contribution in [0.15, 0.2) is 0 Å². The average Bonchev–Trinajstić information content (AvgIpc) is 2.69. The quantitative estimate of drug-likeness (QED) is 0.454. The van der Waals surface area contributed by atoms with Crippen molar-refractivity contribution >= 4 is 0 Å². The van der Waals surface area contributed by atoms with Crippen LogP contribution in [0.4, 0.5) is 0 Å². The third kappa shape index (κ3) is 4.83. The zero-order valence-corrected chi connectivity index (χ0v) is 19.7. The van der Waals surface area contributed by atoms with Crippen molar-refractivity contribution in [1.29, 1.82) is 0 Å². The molecule has 4 aliphatic rings. The van der Waals surface area contributed by atoms with Crippen LogP contribution in [0.3, 0.4) is 0 Å². The van der Waals surface area contributed by atoms with Crippen LogP contribution < -0.4 is 0 Å². The Hall–Kier alpha value is 0. The fourth-order valence-corrected chi connectivity index (χ4v) is 8.57. The van der Waals surface area contributed by atoms with Gasteiger partial charge in [-0.1, -0.05) is 53.4 Å². The van der Waals surface area contributed by atoms with E-state index in [2.05, 4.69) is 27.7 Å². The molecule has 0 heteroatoms. The molecule has 0 N–H and O–H groups in total. The predicted molar refractivity (Wildman–Crippen MR) is 122 cm³/mol. The Morgan fingerprint density at radius 1 is 0.357 bits per heavy atom. The van der Waals surface area contributed by atoms with Gasteiger partial charge in [-0.2, -0.15) is 0 Å². The second-order valence-corrected chi connectivity index (χ2v) is 12.5. The molecular weight excluding hydrogens is 336 g/mol. The molecule has 0 spiro atoms. The molecule has 6 atom stereocenters. The summed E-state index contributed by atoms with van der Waals surface area (Å²) in [6, 6.07) is 0. The van der Waals surface area contributed by atoms with Gasteiger partial charge in [-0.25, -0.2) is 0 Å². The highest BCUT2D eigenvalue weighted by Crippen LogP contribution is 2.51. The summed E-state index contributed by atoms with van der Waals surface area (Å²) >= 11 is 0. The third-order valence-corrected chi connectivity index (χ3v) is 10.6. The smallest absolute Gasteiger partial charge is 0.0357 e. The zero-order chi connectivity index (χ0) is 19.7. The minimum absolute atomic E-state index is 0.998. The number of hydrogen-bond acceptors (Lipinski definition) is 0. The largest absolute Gasteiger partial charge is 0.0625 e. The Balaban J connectivity index is 1.27. The Kier molecular flexibility index (Phi) is 7.15. The molecule has 0 saturated heterocycles. The molecule has 0 aliphatic heterocycles. The molecule has 0 aromatic rings. The first-order valence-electron chi connectivity index (χ1n) is 13.5. The van der Waals surface area contributed by atoms with E-state index in [9.17, 15) is 0 Å². The van der Waals surface area contributed by atoms with Gasteiger partial charge in [-0.3, -0.25) is 0 Å². The highest BCUT2D eigenvalue weighted by molar-refractivity contribution is 4.91. The maximum Gasteiger partial charge on any atom is -0.0357 e. The summed E-state index contributed by atoms with van der Waals surface area (Å²) in [7, 11) is 0. The lowest BCUT2D eigenvalue weighted by atomic mass is 9.58. The van der Waals surface area contributed by atoms with E-state index < -0.39 is 0 Å². The van der Waals surface area contributed by atoms with Gasteiger partial charge >= 0.3 is 0 Å². The van der Waals surface area contributed by atoms with E-state index in [1.54, 1.807) is 64.2 Å². The topological polar surface area (TPSA) is 0 Å². The summed E-state index contributed by atoms with van der Waals surface area (Å²) in [5, 5.41) is 0. The Morgan fingerprint density at radius 2 is 0.679 bits per heavy atom. The van der Waals surface area contributed by atoms with Crippen LogP contribution in [0, 0.1) is 59.2 Å². The Labute approximate surface area is 177 Å². The lowest BCUT2D eigenvalue weighted by Gasteiger charge is -2.48. The maximum absolute atomic E-state index is 2.64. The van der Waals surface area contributed by atoms with Gasteiger partial charge in [-0.15, -0.1) is 0 Å². The summed E-state index contributed by atoms with van der Waals surface area (Å²) in [6.07, 6.45) is 21.7. The zero-order valence-electron chi connectivity index (χ0n) is 19.7. The van der Waals surface area contributed by atoms with Gasteiger partial charge in [0.05, 0.1) is 0 Å². The molecule has 0 aromatic heterocycles. The van der Waals surface area contributed by atoms with Crippen molar-refractivity contribution in [3.05, 3.63) is 0 Å². The fraction of sp³-hybridized carbons (Fsp3) is 1.00. The van der Waals surface area contributed by atoms with Gasteiger partial charge < -0.3 is 0 Å². The second kappa shape index (κ2) is 9.43. The molecule has 0 nitrogen and oxygen atoms in total. The first-order valence-corrected chi connectivity index (χ1v) is 13.5. The predicted octanol–water partition coefficient (Wildman–Crippen LogP) is 8.74. The number of rotatable bonds is 3. The Morgan fingerprint density at radius 3 is 1.00 bits per heavy atom. The summed E-state index contributed by atoms with van der Waals surface area (Å²) < 4.78 is 0. The van der Waals surface area contributed by atoms with E-state index in [0.717, 1.165) is 59.2 Å². The van der Waals surface area contributed by atoms with E-state index in [1.165, 1.54) is 25.7 Å². The van der Waals surface area contributed by atoms with E-state index in [4.69, 9.17) is 0 Å². The van der Waals surface area contributed by atoms with Crippen LogP contribution in [0.2, 0.25) is 0 Å². The third-order valence-electron chi connectivity index (χ3n) is 10.6. The minimum atomic E-state index is 0.998.